The smallest absolute Gasteiger partial charge is 0.115 e. The fourth-order valence-electron chi connectivity index (χ4n) is 1.60. The van der Waals surface area contributed by atoms with Crippen molar-refractivity contribution >= 4 is 5.69 Å². The summed E-state index contributed by atoms with van der Waals surface area (Å²) in [5.74, 6) is 1.21. The Hall–Kier alpha value is -1.97. The lowest BCUT2D eigenvalue weighted by atomic mass is 10.2. The van der Waals surface area contributed by atoms with Gasteiger partial charge in [-0.15, -0.1) is 0 Å². The lowest BCUT2D eigenvalue weighted by Crippen LogP contribution is -2.01. The molecule has 0 aliphatic heterocycles. The number of aromatic hydroxyl groups is 1. The summed E-state index contributed by atoms with van der Waals surface area (Å²) in [6, 6.07) is 5.28. The molecule has 4 heteroatoms. The zero-order valence-electron chi connectivity index (χ0n) is 9.41. The van der Waals surface area contributed by atoms with Gasteiger partial charge in [-0.25, -0.2) is 4.98 Å². The van der Waals surface area contributed by atoms with Crippen LogP contribution < -0.4 is 5.32 Å². The fraction of sp³-hybridized carbons (Fsp3) is 0.250. The third-order valence-electron chi connectivity index (χ3n) is 2.43. The standard InChI is InChI=1S/C12H15N3O/c1-8-5-11(16)3-4-12(8)14-7-10-6-13-9(2)15-10/h3-6,14,16H,7H2,1-2H3,(H,13,15). The van der Waals surface area contributed by atoms with Crippen LogP contribution in [0, 0.1) is 13.8 Å². The van der Waals surface area contributed by atoms with E-state index in [2.05, 4.69) is 15.3 Å². The van der Waals surface area contributed by atoms with Crippen LogP contribution in [0.4, 0.5) is 5.69 Å². The number of rotatable bonds is 3. The third-order valence-corrected chi connectivity index (χ3v) is 2.43. The van der Waals surface area contributed by atoms with E-state index < -0.39 is 0 Å². The summed E-state index contributed by atoms with van der Waals surface area (Å²) >= 11 is 0. The number of hydrogen-bond donors (Lipinski definition) is 3. The van der Waals surface area contributed by atoms with Crippen molar-refractivity contribution in [3.8, 4) is 5.75 Å². The molecule has 84 valence electrons. The lowest BCUT2D eigenvalue weighted by molar-refractivity contribution is 0.475. The highest BCUT2D eigenvalue weighted by atomic mass is 16.3. The van der Waals surface area contributed by atoms with E-state index in [0.717, 1.165) is 22.8 Å². The van der Waals surface area contributed by atoms with Gasteiger partial charge in [-0.2, -0.15) is 0 Å². The van der Waals surface area contributed by atoms with E-state index in [4.69, 9.17) is 0 Å². The molecule has 16 heavy (non-hydrogen) atoms. The van der Waals surface area contributed by atoms with Crippen molar-refractivity contribution in [1.82, 2.24) is 9.97 Å². The lowest BCUT2D eigenvalue weighted by Gasteiger charge is -2.08. The van der Waals surface area contributed by atoms with Crippen molar-refractivity contribution in [2.24, 2.45) is 0 Å². The number of anilines is 1. The highest BCUT2D eigenvalue weighted by Gasteiger charge is 2.00. The molecule has 0 spiro atoms. The molecule has 0 saturated heterocycles. The topological polar surface area (TPSA) is 60.9 Å². The normalized spacial score (nSPS) is 10.4. The largest absolute Gasteiger partial charge is 0.508 e. The van der Waals surface area contributed by atoms with Crippen LogP contribution in [0.2, 0.25) is 0 Å². The molecule has 0 amide bonds. The van der Waals surface area contributed by atoms with E-state index in [1.54, 1.807) is 12.1 Å². The van der Waals surface area contributed by atoms with Gasteiger partial charge in [-0.3, -0.25) is 0 Å². The summed E-state index contributed by atoms with van der Waals surface area (Å²) in [4.78, 5) is 7.28. The molecule has 0 atom stereocenters. The molecule has 0 bridgehead atoms. The highest BCUT2D eigenvalue weighted by molar-refractivity contribution is 5.53. The number of phenols is 1. The average Bonchev–Trinajstić information content (AvgIpc) is 2.63. The first-order chi connectivity index (χ1) is 7.65. The molecule has 2 rings (SSSR count). The van der Waals surface area contributed by atoms with Gasteiger partial charge in [-0.1, -0.05) is 0 Å². The molecule has 2 aromatic rings. The van der Waals surface area contributed by atoms with Crippen molar-refractivity contribution in [3.63, 3.8) is 0 Å². The van der Waals surface area contributed by atoms with Gasteiger partial charge >= 0.3 is 0 Å². The first-order valence-electron chi connectivity index (χ1n) is 5.19. The molecular weight excluding hydrogens is 202 g/mol. The number of imidazole rings is 1. The Morgan fingerprint density at radius 3 is 2.81 bits per heavy atom. The number of benzene rings is 1. The second-order valence-corrected chi connectivity index (χ2v) is 3.85. The Morgan fingerprint density at radius 1 is 1.38 bits per heavy atom. The predicted octanol–water partition coefficient (Wildman–Crippen LogP) is 2.34. The van der Waals surface area contributed by atoms with Gasteiger partial charge in [0.1, 0.15) is 11.6 Å². The number of phenolic OH excluding ortho intramolecular Hbond substituents is 1. The average molecular weight is 217 g/mol. The fourth-order valence-corrected chi connectivity index (χ4v) is 1.60. The maximum absolute atomic E-state index is 9.28. The van der Waals surface area contributed by atoms with Gasteiger partial charge in [0.15, 0.2) is 0 Å². The molecule has 0 aliphatic rings. The molecule has 0 saturated carbocycles. The van der Waals surface area contributed by atoms with E-state index in [1.807, 2.05) is 26.1 Å². The van der Waals surface area contributed by atoms with E-state index in [-0.39, 0.29) is 0 Å². The second kappa shape index (κ2) is 4.26. The van der Waals surface area contributed by atoms with E-state index >= 15 is 0 Å². The molecule has 1 aromatic heterocycles. The summed E-state index contributed by atoms with van der Waals surface area (Å²) in [5.41, 5.74) is 3.09. The minimum atomic E-state index is 0.292. The maximum atomic E-state index is 9.28. The summed E-state index contributed by atoms with van der Waals surface area (Å²) in [5, 5.41) is 12.6. The Bertz CT molecular complexity index is 491. The minimum Gasteiger partial charge on any atom is -0.508 e. The van der Waals surface area contributed by atoms with Crippen LogP contribution in [0.25, 0.3) is 0 Å². The van der Waals surface area contributed by atoms with Crippen LogP contribution in [0.1, 0.15) is 17.1 Å². The number of aryl methyl sites for hydroxylation is 2. The van der Waals surface area contributed by atoms with Crippen LogP contribution in [0.15, 0.2) is 24.4 Å². The number of aromatic amines is 1. The van der Waals surface area contributed by atoms with Gasteiger partial charge < -0.3 is 15.4 Å². The monoisotopic (exact) mass is 217 g/mol. The van der Waals surface area contributed by atoms with Crippen LogP contribution >= 0.6 is 0 Å². The Labute approximate surface area is 94.4 Å². The van der Waals surface area contributed by atoms with Gasteiger partial charge in [0.25, 0.3) is 0 Å². The van der Waals surface area contributed by atoms with Crippen molar-refractivity contribution in [3.05, 3.63) is 41.5 Å². The predicted molar refractivity (Wildman–Crippen MR) is 63.5 cm³/mol. The molecule has 1 aromatic carbocycles. The van der Waals surface area contributed by atoms with E-state index in [1.165, 1.54) is 0 Å². The zero-order chi connectivity index (χ0) is 11.5. The van der Waals surface area contributed by atoms with Gasteiger partial charge in [0, 0.05) is 5.69 Å². The molecule has 0 unspecified atom stereocenters. The van der Waals surface area contributed by atoms with Crippen LogP contribution in [0.5, 0.6) is 5.75 Å². The maximum Gasteiger partial charge on any atom is 0.115 e. The molecule has 4 nitrogen and oxygen atoms in total. The Kier molecular flexibility index (Phi) is 2.81. The first kappa shape index (κ1) is 10.5. The summed E-state index contributed by atoms with van der Waals surface area (Å²) in [7, 11) is 0. The van der Waals surface area contributed by atoms with Crippen molar-refractivity contribution in [2.75, 3.05) is 5.32 Å². The van der Waals surface area contributed by atoms with E-state index in [0.29, 0.717) is 12.3 Å². The first-order valence-corrected chi connectivity index (χ1v) is 5.19. The molecule has 0 fully saturated rings. The second-order valence-electron chi connectivity index (χ2n) is 3.85. The SMILES string of the molecule is Cc1ncc(CNc2ccc(O)cc2C)[nH]1. The molecule has 1 heterocycles. The minimum absolute atomic E-state index is 0.292. The van der Waals surface area contributed by atoms with Gasteiger partial charge in [0.05, 0.1) is 18.4 Å². The van der Waals surface area contributed by atoms with Crippen LogP contribution in [-0.4, -0.2) is 15.1 Å². The molecule has 3 N–H and O–H groups in total. The van der Waals surface area contributed by atoms with Crippen LogP contribution in [0.3, 0.4) is 0 Å². The molecular formula is C12H15N3O. The molecule has 0 radical (unpaired) electrons. The van der Waals surface area contributed by atoms with Gasteiger partial charge in [0.2, 0.25) is 0 Å². The number of nitrogens with zero attached hydrogens (tertiary/aromatic N) is 1. The number of nitrogens with one attached hydrogen (secondary N) is 2. The third kappa shape index (κ3) is 2.34. The summed E-state index contributed by atoms with van der Waals surface area (Å²) in [6.45, 7) is 4.59. The molecule has 0 aliphatic carbocycles. The van der Waals surface area contributed by atoms with Crippen LogP contribution in [-0.2, 0) is 6.54 Å². The summed E-state index contributed by atoms with van der Waals surface area (Å²) < 4.78 is 0. The summed E-state index contributed by atoms with van der Waals surface area (Å²) in [6.07, 6.45) is 1.82. The number of aromatic nitrogens is 2. The zero-order valence-corrected chi connectivity index (χ0v) is 9.41. The van der Waals surface area contributed by atoms with E-state index in [9.17, 15) is 5.11 Å². The van der Waals surface area contributed by atoms with Crippen molar-refractivity contribution in [1.29, 1.82) is 0 Å². The van der Waals surface area contributed by atoms with Gasteiger partial charge in [-0.05, 0) is 37.6 Å². The quantitative estimate of drug-likeness (QED) is 0.691. The Balaban J connectivity index is 2.04. The Morgan fingerprint density at radius 2 is 2.19 bits per heavy atom. The van der Waals surface area contributed by atoms with Crippen molar-refractivity contribution in [2.45, 2.75) is 20.4 Å². The van der Waals surface area contributed by atoms with Crippen molar-refractivity contribution < 1.29 is 5.11 Å². The number of hydrogen-bond acceptors (Lipinski definition) is 3. The number of H-pyrrole nitrogens is 1. The highest BCUT2D eigenvalue weighted by Crippen LogP contribution is 2.20.